The molecule has 1 saturated heterocycles. The number of carboxylic acid groups (broad SMARTS) is 1. The number of aromatic carboxylic acids is 1. The predicted molar refractivity (Wildman–Crippen MR) is 95.7 cm³/mol. The highest BCUT2D eigenvalue weighted by Crippen LogP contribution is 2.29. The Morgan fingerprint density at radius 3 is 2.75 bits per heavy atom. The van der Waals surface area contributed by atoms with Crippen molar-refractivity contribution in [1.82, 2.24) is 5.32 Å². The predicted octanol–water partition coefficient (Wildman–Crippen LogP) is 3.93. The summed E-state index contributed by atoms with van der Waals surface area (Å²) in [6.07, 6.45) is 1.71. The molecule has 1 amide bonds. The quantitative estimate of drug-likeness (QED) is 0.815. The third-order valence-corrected chi connectivity index (χ3v) is 4.30. The van der Waals surface area contributed by atoms with Crippen LogP contribution in [0.25, 0.3) is 6.08 Å². The first-order valence-corrected chi connectivity index (χ1v) is 8.10. The van der Waals surface area contributed by atoms with E-state index >= 15 is 0 Å². The number of rotatable bonds is 3. The number of thioether (sulfide) groups is 1. The van der Waals surface area contributed by atoms with E-state index in [0.717, 1.165) is 17.3 Å². The van der Waals surface area contributed by atoms with Crippen molar-refractivity contribution >= 4 is 52.2 Å². The van der Waals surface area contributed by atoms with Gasteiger partial charge in [-0.2, -0.15) is 0 Å². The molecule has 0 unspecified atom stereocenters. The zero-order valence-electron chi connectivity index (χ0n) is 12.2. The maximum absolute atomic E-state index is 12.1. The molecule has 0 saturated carbocycles. The largest absolute Gasteiger partial charge is 0.478 e. The Kier molecular flexibility index (Phi) is 4.69. The van der Waals surface area contributed by atoms with Crippen LogP contribution in [-0.4, -0.2) is 22.2 Å². The molecular weight excluding hydrogens is 348 g/mol. The van der Waals surface area contributed by atoms with Crippen molar-refractivity contribution in [3.63, 3.8) is 0 Å². The van der Waals surface area contributed by atoms with Gasteiger partial charge in [-0.15, -0.1) is 0 Å². The molecule has 7 heteroatoms. The van der Waals surface area contributed by atoms with Gasteiger partial charge >= 0.3 is 5.97 Å². The van der Waals surface area contributed by atoms with E-state index in [9.17, 15) is 14.7 Å². The first-order valence-electron chi connectivity index (χ1n) is 6.90. The van der Waals surface area contributed by atoms with Gasteiger partial charge in [0.2, 0.25) is 0 Å². The normalized spacial score (nSPS) is 17.3. The molecule has 0 aliphatic carbocycles. The third kappa shape index (κ3) is 3.67. The van der Waals surface area contributed by atoms with Crippen LogP contribution in [0.4, 0.5) is 5.69 Å². The minimum atomic E-state index is -1.07. The number of carboxylic acids is 1. The molecule has 0 atom stereocenters. The maximum atomic E-state index is 12.1. The van der Waals surface area contributed by atoms with Crippen molar-refractivity contribution in [2.45, 2.75) is 0 Å². The van der Waals surface area contributed by atoms with E-state index in [-0.39, 0.29) is 17.2 Å². The van der Waals surface area contributed by atoms with E-state index in [1.807, 2.05) is 6.07 Å². The highest BCUT2D eigenvalue weighted by atomic mass is 35.5. The second kappa shape index (κ2) is 6.90. The van der Waals surface area contributed by atoms with E-state index in [1.54, 1.807) is 42.5 Å². The minimum absolute atomic E-state index is 0.0760. The van der Waals surface area contributed by atoms with Gasteiger partial charge in [-0.05, 0) is 47.7 Å². The average molecular weight is 359 g/mol. The highest BCUT2D eigenvalue weighted by molar-refractivity contribution is 8.18. The molecule has 1 fully saturated rings. The van der Waals surface area contributed by atoms with E-state index in [4.69, 9.17) is 11.6 Å². The number of carbonyl (C=O) groups excluding carboxylic acids is 1. The van der Waals surface area contributed by atoms with Crippen LogP contribution in [-0.2, 0) is 4.79 Å². The van der Waals surface area contributed by atoms with Crippen molar-refractivity contribution in [3.8, 4) is 0 Å². The van der Waals surface area contributed by atoms with Crippen LogP contribution in [0.2, 0.25) is 5.02 Å². The maximum Gasteiger partial charge on any atom is 0.337 e. The summed E-state index contributed by atoms with van der Waals surface area (Å²) in [5, 5.41) is 12.7. The van der Waals surface area contributed by atoms with Gasteiger partial charge in [0.15, 0.2) is 5.17 Å². The zero-order valence-corrected chi connectivity index (χ0v) is 13.8. The summed E-state index contributed by atoms with van der Waals surface area (Å²) in [6.45, 7) is 0. The summed E-state index contributed by atoms with van der Waals surface area (Å²) in [4.78, 5) is 28.0. The molecule has 24 heavy (non-hydrogen) atoms. The average Bonchev–Trinajstić information content (AvgIpc) is 2.87. The zero-order chi connectivity index (χ0) is 17.1. The second-order valence-electron chi connectivity index (χ2n) is 4.86. The molecule has 3 rings (SSSR count). The van der Waals surface area contributed by atoms with Gasteiger partial charge in [-0.3, -0.25) is 4.79 Å². The van der Waals surface area contributed by atoms with E-state index in [0.29, 0.717) is 15.1 Å². The molecule has 1 aliphatic rings. The lowest BCUT2D eigenvalue weighted by Gasteiger charge is -2.00. The van der Waals surface area contributed by atoms with Crippen LogP contribution in [0, 0.1) is 0 Å². The Hall–Kier alpha value is -2.57. The Morgan fingerprint density at radius 2 is 2.00 bits per heavy atom. The number of nitrogens with zero attached hydrogens (tertiary/aromatic N) is 1. The number of amides is 1. The fraction of sp³-hybridized carbons (Fsp3) is 0. The van der Waals surface area contributed by atoms with Crippen LogP contribution in [0.3, 0.4) is 0 Å². The molecule has 5 nitrogen and oxygen atoms in total. The number of benzene rings is 2. The van der Waals surface area contributed by atoms with Crippen LogP contribution in [0.5, 0.6) is 0 Å². The Bertz CT molecular complexity index is 893. The first-order chi connectivity index (χ1) is 11.5. The Morgan fingerprint density at radius 1 is 1.21 bits per heavy atom. The molecule has 1 heterocycles. The standard InChI is InChI=1S/C17H11ClN2O3S/c18-11-5-3-4-10(8-11)9-14-15(21)20-17(24-14)19-13-7-2-1-6-12(13)16(22)23/h1-9H,(H,22,23)(H,19,20,21)/b14-9-. The number of para-hydroxylation sites is 1. The van der Waals surface area contributed by atoms with Crippen LogP contribution >= 0.6 is 23.4 Å². The van der Waals surface area contributed by atoms with E-state index < -0.39 is 5.97 Å². The van der Waals surface area contributed by atoms with Crippen molar-refractivity contribution in [2.75, 3.05) is 0 Å². The molecule has 0 aromatic heterocycles. The van der Waals surface area contributed by atoms with E-state index in [1.165, 1.54) is 6.07 Å². The number of amidine groups is 1. The van der Waals surface area contributed by atoms with Crippen molar-refractivity contribution in [2.24, 2.45) is 4.99 Å². The van der Waals surface area contributed by atoms with Gasteiger partial charge in [-0.1, -0.05) is 35.9 Å². The summed E-state index contributed by atoms with van der Waals surface area (Å²) < 4.78 is 0. The van der Waals surface area contributed by atoms with Crippen LogP contribution in [0.1, 0.15) is 15.9 Å². The fourth-order valence-electron chi connectivity index (χ4n) is 2.09. The van der Waals surface area contributed by atoms with Gasteiger partial charge in [0, 0.05) is 5.02 Å². The molecule has 0 radical (unpaired) electrons. The van der Waals surface area contributed by atoms with Crippen LogP contribution < -0.4 is 5.32 Å². The number of hydrogen-bond donors (Lipinski definition) is 2. The molecule has 2 N–H and O–H groups in total. The Balaban J connectivity index is 1.89. The molecule has 2 aromatic rings. The van der Waals surface area contributed by atoms with Gasteiger partial charge < -0.3 is 10.4 Å². The van der Waals surface area contributed by atoms with Gasteiger partial charge in [0.1, 0.15) is 0 Å². The molecular formula is C17H11ClN2O3S. The summed E-state index contributed by atoms with van der Waals surface area (Å²) in [6, 6.07) is 13.5. The van der Waals surface area contributed by atoms with Gasteiger partial charge in [0.05, 0.1) is 16.2 Å². The third-order valence-electron chi connectivity index (χ3n) is 3.15. The lowest BCUT2D eigenvalue weighted by Crippen LogP contribution is -2.19. The highest BCUT2D eigenvalue weighted by Gasteiger charge is 2.24. The summed E-state index contributed by atoms with van der Waals surface area (Å²) in [7, 11) is 0. The first kappa shape index (κ1) is 16.3. The van der Waals surface area contributed by atoms with Crippen molar-refractivity contribution in [1.29, 1.82) is 0 Å². The van der Waals surface area contributed by atoms with E-state index in [2.05, 4.69) is 10.3 Å². The summed E-state index contributed by atoms with van der Waals surface area (Å²) in [5.74, 6) is -1.36. The molecule has 0 spiro atoms. The number of carbonyl (C=O) groups is 2. The van der Waals surface area contributed by atoms with Crippen molar-refractivity contribution in [3.05, 3.63) is 69.6 Å². The van der Waals surface area contributed by atoms with Gasteiger partial charge in [-0.25, -0.2) is 9.79 Å². The fourth-order valence-corrected chi connectivity index (χ4v) is 3.12. The second-order valence-corrected chi connectivity index (χ2v) is 6.33. The van der Waals surface area contributed by atoms with Crippen molar-refractivity contribution < 1.29 is 14.7 Å². The smallest absolute Gasteiger partial charge is 0.337 e. The minimum Gasteiger partial charge on any atom is -0.478 e. The number of hydrogen-bond acceptors (Lipinski definition) is 4. The number of halogens is 1. The lowest BCUT2D eigenvalue weighted by atomic mass is 10.2. The molecule has 1 aliphatic heterocycles. The molecule has 120 valence electrons. The summed E-state index contributed by atoms with van der Waals surface area (Å²) >= 11 is 7.08. The van der Waals surface area contributed by atoms with Gasteiger partial charge in [0.25, 0.3) is 5.91 Å². The number of nitrogens with one attached hydrogen (secondary N) is 1. The Labute approximate surface area is 147 Å². The number of aliphatic imine (C=N–C) groups is 1. The van der Waals surface area contributed by atoms with Crippen LogP contribution in [0.15, 0.2) is 58.4 Å². The lowest BCUT2D eigenvalue weighted by molar-refractivity contribution is -0.115. The topological polar surface area (TPSA) is 78.8 Å². The SMILES string of the molecule is O=C1NC(=Nc2ccccc2C(=O)O)S/C1=C\c1cccc(Cl)c1. The molecule has 2 aromatic carbocycles. The molecule has 0 bridgehead atoms. The summed E-state index contributed by atoms with van der Waals surface area (Å²) in [5.41, 5.74) is 1.16. The monoisotopic (exact) mass is 358 g/mol.